The number of thiazole rings is 1. The van der Waals surface area contributed by atoms with Crippen molar-refractivity contribution in [2.24, 2.45) is 0 Å². The number of carbonyl (C=O) groups excluding carboxylic acids is 1. The van der Waals surface area contributed by atoms with Crippen LogP contribution in [0.2, 0.25) is 0 Å². The van der Waals surface area contributed by atoms with Crippen LogP contribution in [0.15, 0.2) is 53.3 Å². The number of para-hydroxylation sites is 2. The summed E-state index contributed by atoms with van der Waals surface area (Å²) in [6.07, 6.45) is 1.94. The zero-order chi connectivity index (χ0) is 25.2. The van der Waals surface area contributed by atoms with E-state index in [9.17, 15) is 19.2 Å². The highest BCUT2D eigenvalue weighted by molar-refractivity contribution is 7.07. The highest BCUT2D eigenvalue weighted by Gasteiger charge is 2.18. The number of rotatable bonds is 10. The summed E-state index contributed by atoms with van der Waals surface area (Å²) in [4.78, 5) is 26.3. The minimum absolute atomic E-state index is 0.197. The van der Waals surface area contributed by atoms with Crippen LogP contribution < -0.4 is 24.8 Å². The van der Waals surface area contributed by atoms with Gasteiger partial charge in [0, 0.05) is 25.3 Å². The smallest absolute Gasteiger partial charge is 0.269 e. The predicted octanol–water partition coefficient (Wildman–Crippen LogP) is 3.02. The molecule has 0 aliphatic carbocycles. The molecule has 0 bridgehead atoms. The average molecular weight is 496 g/mol. The van der Waals surface area contributed by atoms with E-state index in [1.165, 1.54) is 16.7 Å². The Morgan fingerprint density at radius 1 is 1.17 bits per heavy atom. The van der Waals surface area contributed by atoms with Gasteiger partial charge in [-0.3, -0.25) is 14.2 Å². The molecule has 1 heterocycles. The Hall–Kier alpha value is -3.74. The van der Waals surface area contributed by atoms with E-state index >= 15 is 0 Å². The van der Waals surface area contributed by atoms with Crippen molar-refractivity contribution in [3.05, 3.63) is 79.5 Å². The molecule has 1 aromatic heterocycles. The lowest BCUT2D eigenvalue weighted by molar-refractivity contribution is -0.111. The Labute approximate surface area is 206 Å². The lowest BCUT2D eigenvalue weighted by Crippen LogP contribution is -2.34. The van der Waals surface area contributed by atoms with E-state index in [4.69, 9.17) is 9.47 Å². The van der Waals surface area contributed by atoms with Crippen molar-refractivity contribution in [3.63, 3.8) is 0 Å². The second kappa shape index (κ2) is 12.6. The van der Waals surface area contributed by atoms with Crippen LogP contribution in [-0.2, 0) is 16.1 Å². The van der Waals surface area contributed by atoms with E-state index in [2.05, 4.69) is 5.32 Å². The summed E-state index contributed by atoms with van der Waals surface area (Å²) in [5.74, 6) is -0.675. The highest BCUT2D eigenvalue weighted by Crippen LogP contribution is 2.24. The van der Waals surface area contributed by atoms with Crippen LogP contribution >= 0.6 is 11.3 Å². The number of aromatic nitrogens is 1. The first-order valence-electron chi connectivity index (χ1n) is 11.2. The van der Waals surface area contributed by atoms with Gasteiger partial charge >= 0.3 is 0 Å². The number of nitriles is 1. The van der Waals surface area contributed by atoms with Gasteiger partial charge < -0.3 is 14.8 Å². The first-order valence-corrected chi connectivity index (χ1v) is 12.0. The Kier molecular flexibility index (Phi) is 9.35. The molecule has 7 nitrogen and oxygen atoms in total. The summed E-state index contributed by atoms with van der Waals surface area (Å²) in [5.41, 5.74) is 0.0301. The van der Waals surface area contributed by atoms with Crippen molar-refractivity contribution in [3.8, 4) is 11.8 Å². The van der Waals surface area contributed by atoms with E-state index in [1.807, 2.05) is 19.9 Å². The molecule has 9 heteroatoms. The molecule has 35 heavy (non-hydrogen) atoms. The number of hydrogen-bond acceptors (Lipinski definition) is 6. The number of anilines is 1. The summed E-state index contributed by atoms with van der Waals surface area (Å²) in [5, 5.41) is 12.6. The van der Waals surface area contributed by atoms with Crippen LogP contribution in [0.3, 0.4) is 0 Å². The molecular formula is C26H26FN3O4S. The van der Waals surface area contributed by atoms with Gasteiger partial charge in [-0.05, 0) is 44.5 Å². The molecule has 0 aliphatic rings. The fraction of sp³-hybridized carbons (Fsp3) is 0.269. The van der Waals surface area contributed by atoms with Gasteiger partial charge in [0.25, 0.3) is 11.5 Å². The molecule has 3 aromatic rings. The van der Waals surface area contributed by atoms with Crippen LogP contribution in [0, 0.1) is 17.1 Å². The Morgan fingerprint density at radius 3 is 2.63 bits per heavy atom. The third-order valence-corrected chi connectivity index (χ3v) is 6.09. The molecule has 0 fully saturated rings. The molecule has 0 radical (unpaired) electrons. The minimum Gasteiger partial charge on any atom is -0.492 e. The summed E-state index contributed by atoms with van der Waals surface area (Å²) >= 11 is 0.975. The molecule has 0 saturated heterocycles. The second-order valence-corrected chi connectivity index (χ2v) is 8.35. The van der Waals surface area contributed by atoms with Crippen molar-refractivity contribution >= 4 is 34.6 Å². The van der Waals surface area contributed by atoms with Crippen molar-refractivity contribution in [1.29, 1.82) is 5.26 Å². The molecule has 182 valence electrons. The molecule has 3 rings (SSSR count). The number of nitrogens with zero attached hydrogens (tertiary/aromatic N) is 2. The zero-order valence-electron chi connectivity index (χ0n) is 19.5. The molecule has 0 saturated carbocycles. The zero-order valence-corrected chi connectivity index (χ0v) is 20.4. The molecular weight excluding hydrogens is 469 g/mol. The molecule has 0 spiro atoms. The maximum absolute atomic E-state index is 14.2. The lowest BCUT2D eigenvalue weighted by Gasteiger charge is -2.11. The fourth-order valence-corrected chi connectivity index (χ4v) is 4.46. The van der Waals surface area contributed by atoms with Gasteiger partial charge in [0.15, 0.2) is 5.57 Å². The van der Waals surface area contributed by atoms with E-state index in [0.29, 0.717) is 37.7 Å². The molecule has 1 N–H and O–H groups in total. The average Bonchev–Trinajstić information content (AvgIpc) is 3.15. The number of hydrogen-bond donors (Lipinski definition) is 1. The molecule has 0 atom stereocenters. The largest absolute Gasteiger partial charge is 0.492 e. The normalized spacial score (nSPS) is 12.2. The number of amides is 1. The van der Waals surface area contributed by atoms with Crippen molar-refractivity contribution in [2.45, 2.75) is 26.8 Å². The highest BCUT2D eigenvalue weighted by atomic mass is 32.1. The van der Waals surface area contributed by atoms with Gasteiger partial charge in [-0.15, -0.1) is 11.3 Å². The fourth-order valence-electron chi connectivity index (χ4n) is 3.34. The van der Waals surface area contributed by atoms with Crippen LogP contribution in [-0.4, -0.2) is 30.3 Å². The van der Waals surface area contributed by atoms with E-state index < -0.39 is 17.3 Å². The predicted molar refractivity (Wildman–Crippen MR) is 134 cm³/mol. The summed E-state index contributed by atoms with van der Waals surface area (Å²) in [6, 6.07) is 14.9. The minimum atomic E-state index is -0.670. The second-order valence-electron chi connectivity index (χ2n) is 7.31. The molecule has 1 amide bonds. The van der Waals surface area contributed by atoms with Gasteiger partial charge in [0.05, 0.1) is 16.8 Å². The maximum atomic E-state index is 14.2. The number of nitrogens with one attached hydrogen (secondary N) is 1. The SMILES string of the molecule is CCOCCCn1c(=O)/c(=C\c2ccccc2F)s/c1=C(/C#N)C(=O)Nc1ccccc1OCC. The maximum Gasteiger partial charge on any atom is 0.269 e. The Balaban J connectivity index is 2.12. The van der Waals surface area contributed by atoms with Gasteiger partial charge in [0.2, 0.25) is 0 Å². The number of benzene rings is 2. The van der Waals surface area contributed by atoms with E-state index in [1.54, 1.807) is 42.5 Å². The summed E-state index contributed by atoms with van der Waals surface area (Å²) < 4.78 is 26.9. The van der Waals surface area contributed by atoms with Crippen molar-refractivity contribution in [1.82, 2.24) is 4.57 Å². The number of ether oxygens (including phenoxy) is 2. The van der Waals surface area contributed by atoms with Crippen LogP contribution in [0.25, 0.3) is 11.6 Å². The quantitative estimate of drug-likeness (QED) is 0.437. The Morgan fingerprint density at radius 2 is 1.91 bits per heavy atom. The van der Waals surface area contributed by atoms with Crippen LogP contribution in [0.1, 0.15) is 25.8 Å². The van der Waals surface area contributed by atoms with Crippen molar-refractivity contribution in [2.75, 3.05) is 25.1 Å². The van der Waals surface area contributed by atoms with E-state index in [-0.39, 0.29) is 26.9 Å². The monoisotopic (exact) mass is 495 g/mol. The summed E-state index contributed by atoms with van der Waals surface area (Å²) in [6.45, 7) is 5.29. The number of carbonyl (C=O) groups is 1. The number of halogens is 1. The molecule has 2 aromatic carbocycles. The molecule has 0 unspecified atom stereocenters. The van der Waals surface area contributed by atoms with E-state index in [0.717, 1.165) is 11.3 Å². The van der Waals surface area contributed by atoms with Gasteiger partial charge in [-0.1, -0.05) is 30.3 Å². The first-order chi connectivity index (χ1) is 17.0. The van der Waals surface area contributed by atoms with Crippen LogP contribution in [0.4, 0.5) is 10.1 Å². The topological polar surface area (TPSA) is 93.4 Å². The standard InChI is InChI=1S/C26H26FN3O4S/c1-3-33-15-9-14-30-25(32)23(16-18-10-5-6-11-20(18)27)35-26(30)19(17-28)24(31)29-21-12-7-8-13-22(21)34-4-2/h5-8,10-13,16H,3-4,9,14-15H2,1-2H3,(H,29,31)/b23-16+,26-19-. The van der Waals surface area contributed by atoms with Gasteiger partial charge in [0.1, 0.15) is 22.3 Å². The molecule has 0 aliphatic heterocycles. The Bertz CT molecular complexity index is 1400. The third-order valence-electron chi connectivity index (χ3n) is 4.96. The van der Waals surface area contributed by atoms with Gasteiger partial charge in [-0.2, -0.15) is 5.26 Å². The van der Waals surface area contributed by atoms with Crippen molar-refractivity contribution < 1.29 is 18.7 Å². The summed E-state index contributed by atoms with van der Waals surface area (Å²) in [7, 11) is 0. The van der Waals surface area contributed by atoms with Crippen LogP contribution in [0.5, 0.6) is 5.75 Å². The lowest BCUT2D eigenvalue weighted by atomic mass is 10.2. The first kappa shape index (κ1) is 25.9. The third kappa shape index (κ3) is 6.44. The van der Waals surface area contributed by atoms with Gasteiger partial charge in [-0.25, -0.2) is 4.39 Å².